The topological polar surface area (TPSA) is 24.1 Å². The van der Waals surface area contributed by atoms with Crippen molar-refractivity contribution in [2.75, 3.05) is 10.6 Å². The molecule has 0 radical (unpaired) electrons. The van der Waals surface area contributed by atoms with Crippen LogP contribution in [0, 0.1) is 11.6 Å². The lowest BCUT2D eigenvalue weighted by atomic mass is 10.3. The van der Waals surface area contributed by atoms with Gasteiger partial charge in [0.15, 0.2) is 5.11 Å². The molecule has 2 aromatic rings. The molecule has 2 rings (SSSR count). The van der Waals surface area contributed by atoms with Crippen LogP contribution in [0.2, 0.25) is 0 Å². The summed E-state index contributed by atoms with van der Waals surface area (Å²) in [6, 6.07) is 8.72. The molecule has 104 valence electrons. The van der Waals surface area contributed by atoms with Crippen molar-refractivity contribution in [3.05, 3.63) is 57.0 Å². The van der Waals surface area contributed by atoms with E-state index in [0.29, 0.717) is 14.6 Å². The van der Waals surface area contributed by atoms with Gasteiger partial charge in [-0.25, -0.2) is 8.78 Å². The van der Waals surface area contributed by atoms with Gasteiger partial charge >= 0.3 is 0 Å². The Morgan fingerprint density at radius 2 is 1.65 bits per heavy atom. The van der Waals surface area contributed by atoms with Crippen LogP contribution < -0.4 is 10.6 Å². The Labute approximate surface area is 136 Å². The van der Waals surface area contributed by atoms with Gasteiger partial charge in [-0.05, 0) is 64.5 Å². The van der Waals surface area contributed by atoms with Crippen LogP contribution in [0.4, 0.5) is 20.2 Å². The summed E-state index contributed by atoms with van der Waals surface area (Å²) in [5.74, 6) is -0.786. The Balaban J connectivity index is 2.10. The minimum Gasteiger partial charge on any atom is -0.332 e. The molecule has 0 aromatic heterocycles. The molecule has 0 heterocycles. The Kier molecular flexibility index (Phi) is 5.06. The van der Waals surface area contributed by atoms with Crippen LogP contribution in [0.3, 0.4) is 0 Å². The van der Waals surface area contributed by atoms with Gasteiger partial charge in [-0.2, -0.15) is 0 Å². The third-order valence-electron chi connectivity index (χ3n) is 2.35. The molecule has 2 aromatic carbocycles. The van der Waals surface area contributed by atoms with Crippen molar-refractivity contribution in [3.8, 4) is 0 Å². The van der Waals surface area contributed by atoms with Crippen LogP contribution in [0.5, 0.6) is 0 Å². The second kappa shape index (κ2) is 6.60. The van der Waals surface area contributed by atoms with E-state index in [1.165, 1.54) is 30.3 Å². The maximum absolute atomic E-state index is 13.8. The first-order chi connectivity index (χ1) is 9.45. The monoisotopic (exact) mass is 420 g/mol. The van der Waals surface area contributed by atoms with Crippen LogP contribution in [0.25, 0.3) is 0 Å². The van der Waals surface area contributed by atoms with Crippen molar-refractivity contribution in [1.82, 2.24) is 0 Å². The normalized spacial score (nSPS) is 10.2. The average molecular weight is 422 g/mol. The van der Waals surface area contributed by atoms with Gasteiger partial charge in [0.05, 0.1) is 5.69 Å². The molecule has 0 aliphatic carbocycles. The highest BCUT2D eigenvalue weighted by molar-refractivity contribution is 9.11. The Bertz CT molecular complexity index is 624. The molecule has 0 unspecified atom stereocenters. The van der Waals surface area contributed by atoms with Gasteiger partial charge in [0.25, 0.3) is 0 Å². The molecule has 2 N–H and O–H groups in total. The predicted octanol–water partition coefficient (Wildman–Crippen LogP) is 5.30. The molecule has 0 bridgehead atoms. The van der Waals surface area contributed by atoms with Gasteiger partial charge in [-0.1, -0.05) is 15.9 Å². The fraction of sp³-hybridized carbons (Fsp3) is 0. The number of benzene rings is 2. The molecule has 7 heteroatoms. The fourth-order valence-corrected chi connectivity index (χ4v) is 2.96. The van der Waals surface area contributed by atoms with Gasteiger partial charge in [-0.3, -0.25) is 0 Å². The van der Waals surface area contributed by atoms with E-state index in [9.17, 15) is 8.78 Å². The van der Waals surface area contributed by atoms with E-state index in [1.54, 1.807) is 6.07 Å². The highest BCUT2D eigenvalue weighted by Crippen LogP contribution is 2.29. The highest BCUT2D eigenvalue weighted by atomic mass is 79.9. The van der Waals surface area contributed by atoms with E-state index in [-0.39, 0.29) is 16.6 Å². The first-order valence-corrected chi connectivity index (χ1v) is 7.43. The second-order valence-electron chi connectivity index (χ2n) is 3.83. The first-order valence-electron chi connectivity index (χ1n) is 5.44. The molecule has 0 atom stereocenters. The zero-order valence-electron chi connectivity index (χ0n) is 9.88. The van der Waals surface area contributed by atoms with E-state index in [1.807, 2.05) is 0 Å². The van der Waals surface area contributed by atoms with Gasteiger partial charge < -0.3 is 10.6 Å². The molecule has 0 aliphatic heterocycles. The number of thiocarbonyl (C=S) groups is 1. The minimum absolute atomic E-state index is 0.207. The zero-order chi connectivity index (χ0) is 14.7. The molecule has 0 spiro atoms. The number of rotatable bonds is 2. The van der Waals surface area contributed by atoms with Crippen LogP contribution >= 0.6 is 44.1 Å². The van der Waals surface area contributed by atoms with Gasteiger partial charge in [-0.15, -0.1) is 0 Å². The third-order valence-corrected chi connectivity index (χ3v) is 3.63. The highest BCUT2D eigenvalue weighted by Gasteiger charge is 2.10. The molecule has 0 amide bonds. The Morgan fingerprint density at radius 1 is 1.00 bits per heavy atom. The summed E-state index contributed by atoms with van der Waals surface area (Å²) < 4.78 is 27.7. The van der Waals surface area contributed by atoms with Crippen molar-refractivity contribution in [2.24, 2.45) is 0 Å². The molecule has 20 heavy (non-hydrogen) atoms. The van der Waals surface area contributed by atoms with Gasteiger partial charge in [0, 0.05) is 14.6 Å². The zero-order valence-corrected chi connectivity index (χ0v) is 13.9. The molecular weight excluding hydrogens is 414 g/mol. The molecule has 0 fully saturated rings. The Morgan fingerprint density at radius 3 is 2.25 bits per heavy atom. The third kappa shape index (κ3) is 3.97. The minimum atomic E-state index is -0.450. The first kappa shape index (κ1) is 15.3. The lowest BCUT2D eigenvalue weighted by molar-refractivity contribution is 0.628. The lowest BCUT2D eigenvalue weighted by Crippen LogP contribution is -2.20. The van der Waals surface area contributed by atoms with Crippen LogP contribution in [0.15, 0.2) is 45.3 Å². The molecule has 0 aliphatic rings. The number of halogens is 4. The second-order valence-corrected chi connectivity index (χ2v) is 6.01. The van der Waals surface area contributed by atoms with Crippen molar-refractivity contribution in [2.45, 2.75) is 0 Å². The van der Waals surface area contributed by atoms with E-state index < -0.39 is 5.82 Å². The smallest absolute Gasteiger partial charge is 0.175 e. The Hall–Kier alpha value is -1.05. The van der Waals surface area contributed by atoms with Crippen molar-refractivity contribution in [3.63, 3.8) is 0 Å². The van der Waals surface area contributed by atoms with Crippen LogP contribution in [-0.2, 0) is 0 Å². The van der Waals surface area contributed by atoms with E-state index in [0.717, 1.165) is 0 Å². The number of hydrogen-bond donors (Lipinski definition) is 2. The summed E-state index contributed by atoms with van der Waals surface area (Å²) in [6.45, 7) is 0. The largest absolute Gasteiger partial charge is 0.332 e. The van der Waals surface area contributed by atoms with E-state index in [4.69, 9.17) is 12.2 Å². The van der Waals surface area contributed by atoms with Crippen LogP contribution in [-0.4, -0.2) is 5.11 Å². The molecular formula is C13H8Br2F2N2S. The SMILES string of the molecule is Fc1ccc(NC(=S)Nc2c(F)cc(Br)cc2Br)cc1. The number of nitrogens with one attached hydrogen (secondary N) is 2. The summed E-state index contributed by atoms with van der Waals surface area (Å²) in [4.78, 5) is 0. The fourth-order valence-electron chi connectivity index (χ4n) is 1.47. The van der Waals surface area contributed by atoms with Crippen molar-refractivity contribution in [1.29, 1.82) is 0 Å². The van der Waals surface area contributed by atoms with Gasteiger partial charge in [0.1, 0.15) is 11.6 Å². The summed E-state index contributed by atoms with van der Waals surface area (Å²) in [5.41, 5.74) is 0.838. The summed E-state index contributed by atoms with van der Waals surface area (Å²) in [6.07, 6.45) is 0. The average Bonchev–Trinajstić information content (AvgIpc) is 2.36. The van der Waals surface area contributed by atoms with Gasteiger partial charge in [0.2, 0.25) is 0 Å². The van der Waals surface area contributed by atoms with Crippen molar-refractivity contribution < 1.29 is 8.78 Å². The lowest BCUT2D eigenvalue weighted by Gasteiger charge is -2.13. The quantitative estimate of drug-likeness (QED) is 0.643. The molecule has 0 saturated heterocycles. The maximum atomic E-state index is 13.8. The van der Waals surface area contributed by atoms with Crippen molar-refractivity contribution >= 4 is 60.6 Å². The van der Waals surface area contributed by atoms with Crippen LogP contribution in [0.1, 0.15) is 0 Å². The van der Waals surface area contributed by atoms with E-state index in [2.05, 4.69) is 42.5 Å². The predicted molar refractivity (Wildman–Crippen MR) is 88.0 cm³/mol. The summed E-state index contributed by atoms with van der Waals surface area (Å²) in [5, 5.41) is 5.80. The number of anilines is 2. The number of hydrogen-bond acceptors (Lipinski definition) is 1. The van der Waals surface area contributed by atoms with E-state index >= 15 is 0 Å². The molecule has 0 saturated carbocycles. The summed E-state index contributed by atoms with van der Waals surface area (Å²) in [7, 11) is 0. The molecule has 2 nitrogen and oxygen atoms in total. The maximum Gasteiger partial charge on any atom is 0.175 e. The summed E-state index contributed by atoms with van der Waals surface area (Å²) >= 11 is 11.5. The standard InChI is InChI=1S/C13H8Br2F2N2S/c14-7-5-10(15)12(11(17)6-7)19-13(20)18-9-3-1-8(16)2-4-9/h1-6H,(H2,18,19,20).